The average molecular weight is 266 g/mol. The molecule has 5 nitrogen and oxygen atoms in total. The van der Waals surface area contributed by atoms with Crippen LogP contribution < -0.4 is 10.0 Å². The van der Waals surface area contributed by atoms with Gasteiger partial charge < -0.3 is 5.32 Å². The molecule has 6 heteroatoms. The molecule has 0 spiro atoms. The van der Waals surface area contributed by atoms with E-state index in [1.165, 1.54) is 0 Å². The number of sulfonamides is 1. The van der Waals surface area contributed by atoms with Gasteiger partial charge in [0.15, 0.2) is 0 Å². The van der Waals surface area contributed by atoms with Crippen LogP contribution in [0.2, 0.25) is 0 Å². The number of hydrogen-bond donors (Lipinski definition) is 2. The van der Waals surface area contributed by atoms with Gasteiger partial charge in [0.05, 0.1) is 5.54 Å². The number of hydrogen-bond acceptors (Lipinski definition) is 3. The standard InChI is InChI=1S/C12H14N2O3S/c1-3-18(16,17)13-8-12(2)10-7-5-4-6-9(10)11(15)14-12/h3-7,13H,1,8H2,2H3,(H,14,15). The second kappa shape index (κ2) is 4.22. The maximum atomic E-state index is 11.8. The van der Waals surface area contributed by atoms with Crippen LogP contribution in [0.4, 0.5) is 0 Å². The number of fused-ring (bicyclic) bond motifs is 1. The first-order valence-corrected chi connectivity index (χ1v) is 6.97. The van der Waals surface area contributed by atoms with Gasteiger partial charge in [0.1, 0.15) is 0 Å². The van der Waals surface area contributed by atoms with Gasteiger partial charge in [-0.3, -0.25) is 4.79 Å². The van der Waals surface area contributed by atoms with Crippen molar-refractivity contribution in [1.82, 2.24) is 10.0 Å². The maximum absolute atomic E-state index is 11.8. The molecule has 18 heavy (non-hydrogen) atoms. The SMILES string of the molecule is C=CS(=O)(=O)NCC1(C)NC(=O)c2ccccc21. The van der Waals surface area contributed by atoms with E-state index in [1.807, 2.05) is 12.1 Å². The molecule has 1 amide bonds. The van der Waals surface area contributed by atoms with Crippen LogP contribution in [-0.2, 0) is 15.6 Å². The molecule has 1 unspecified atom stereocenters. The van der Waals surface area contributed by atoms with E-state index in [1.54, 1.807) is 19.1 Å². The highest BCUT2D eigenvalue weighted by Crippen LogP contribution is 2.30. The first-order chi connectivity index (χ1) is 8.38. The predicted octanol–water partition coefficient (Wildman–Crippen LogP) is 0.708. The van der Waals surface area contributed by atoms with Crippen LogP contribution in [0.3, 0.4) is 0 Å². The molecule has 0 saturated carbocycles. The molecule has 1 aliphatic rings. The lowest BCUT2D eigenvalue weighted by Gasteiger charge is -2.25. The van der Waals surface area contributed by atoms with Crippen LogP contribution in [0.25, 0.3) is 0 Å². The zero-order chi connectivity index (χ0) is 13.4. The zero-order valence-electron chi connectivity index (χ0n) is 9.93. The molecule has 0 radical (unpaired) electrons. The molecule has 0 saturated heterocycles. The summed E-state index contributed by atoms with van der Waals surface area (Å²) in [5.41, 5.74) is 0.642. The van der Waals surface area contributed by atoms with E-state index >= 15 is 0 Å². The van der Waals surface area contributed by atoms with E-state index in [4.69, 9.17) is 0 Å². The summed E-state index contributed by atoms with van der Waals surface area (Å²) in [5, 5.41) is 3.64. The van der Waals surface area contributed by atoms with Crippen molar-refractivity contribution in [3.63, 3.8) is 0 Å². The summed E-state index contributed by atoms with van der Waals surface area (Å²) in [6.07, 6.45) is 0. The third-order valence-electron chi connectivity index (χ3n) is 3.00. The quantitative estimate of drug-likeness (QED) is 0.842. The summed E-state index contributed by atoms with van der Waals surface area (Å²) >= 11 is 0. The lowest BCUT2D eigenvalue weighted by Crippen LogP contribution is -2.46. The number of carbonyl (C=O) groups excluding carboxylic acids is 1. The fourth-order valence-electron chi connectivity index (χ4n) is 1.99. The highest BCUT2D eigenvalue weighted by Gasteiger charge is 2.38. The van der Waals surface area contributed by atoms with Gasteiger partial charge in [0.2, 0.25) is 10.0 Å². The fraction of sp³-hybridized carbons (Fsp3) is 0.250. The summed E-state index contributed by atoms with van der Waals surface area (Å²) in [5.74, 6) is -0.189. The molecule has 2 rings (SSSR count). The molecule has 1 aliphatic heterocycles. The number of carbonyl (C=O) groups is 1. The minimum Gasteiger partial charge on any atom is -0.341 e. The molecule has 1 heterocycles. The van der Waals surface area contributed by atoms with Gasteiger partial charge in [0, 0.05) is 17.5 Å². The molecule has 1 aromatic carbocycles. The summed E-state index contributed by atoms with van der Waals surface area (Å²) in [6, 6.07) is 7.13. The van der Waals surface area contributed by atoms with Crippen molar-refractivity contribution < 1.29 is 13.2 Å². The number of rotatable bonds is 4. The van der Waals surface area contributed by atoms with Crippen molar-refractivity contribution >= 4 is 15.9 Å². The molecule has 0 aliphatic carbocycles. The summed E-state index contributed by atoms with van der Waals surface area (Å²) in [6.45, 7) is 5.09. The monoisotopic (exact) mass is 266 g/mol. The number of amides is 1. The summed E-state index contributed by atoms with van der Waals surface area (Å²) < 4.78 is 25.1. The minimum absolute atomic E-state index is 0.0874. The summed E-state index contributed by atoms with van der Waals surface area (Å²) in [7, 11) is -3.50. The van der Waals surface area contributed by atoms with Crippen LogP contribution in [0, 0.1) is 0 Å². The minimum atomic E-state index is -3.50. The molecular formula is C12H14N2O3S. The van der Waals surface area contributed by atoms with E-state index in [2.05, 4.69) is 16.6 Å². The smallest absolute Gasteiger partial charge is 0.252 e. The molecule has 1 aromatic rings. The normalized spacial score (nSPS) is 22.4. The lowest BCUT2D eigenvalue weighted by molar-refractivity contribution is 0.0936. The predicted molar refractivity (Wildman–Crippen MR) is 68.4 cm³/mol. The molecule has 1 atom stereocenters. The summed E-state index contributed by atoms with van der Waals surface area (Å²) in [4.78, 5) is 11.8. The van der Waals surface area contributed by atoms with Gasteiger partial charge in [0.25, 0.3) is 5.91 Å². The molecule has 2 N–H and O–H groups in total. The Morgan fingerprint density at radius 3 is 2.78 bits per heavy atom. The third-order valence-corrected chi connectivity index (χ3v) is 3.99. The average Bonchev–Trinajstić information content (AvgIpc) is 2.61. The van der Waals surface area contributed by atoms with Crippen molar-refractivity contribution in [1.29, 1.82) is 0 Å². The Hall–Kier alpha value is -1.66. The Kier molecular flexibility index (Phi) is 3.00. The Balaban J connectivity index is 2.29. The van der Waals surface area contributed by atoms with Gasteiger partial charge in [-0.25, -0.2) is 13.1 Å². The number of nitrogens with one attached hydrogen (secondary N) is 2. The first kappa shape index (κ1) is 12.8. The van der Waals surface area contributed by atoms with Gasteiger partial charge in [-0.1, -0.05) is 24.8 Å². The topological polar surface area (TPSA) is 75.3 Å². The Morgan fingerprint density at radius 1 is 1.44 bits per heavy atom. The molecule has 96 valence electrons. The van der Waals surface area contributed by atoms with E-state index in [9.17, 15) is 13.2 Å². The second-order valence-corrected chi connectivity index (χ2v) is 6.08. The van der Waals surface area contributed by atoms with Gasteiger partial charge in [-0.15, -0.1) is 0 Å². The van der Waals surface area contributed by atoms with Gasteiger partial charge in [-0.2, -0.15) is 0 Å². The van der Waals surface area contributed by atoms with Crippen LogP contribution in [-0.4, -0.2) is 20.9 Å². The van der Waals surface area contributed by atoms with Gasteiger partial charge in [-0.05, 0) is 18.6 Å². The first-order valence-electron chi connectivity index (χ1n) is 5.42. The Morgan fingerprint density at radius 2 is 2.11 bits per heavy atom. The molecule has 0 fully saturated rings. The highest BCUT2D eigenvalue weighted by atomic mass is 32.2. The van der Waals surface area contributed by atoms with E-state index in [0.29, 0.717) is 5.56 Å². The maximum Gasteiger partial charge on any atom is 0.252 e. The van der Waals surface area contributed by atoms with E-state index in [-0.39, 0.29) is 12.5 Å². The highest BCUT2D eigenvalue weighted by molar-refractivity contribution is 7.92. The lowest BCUT2D eigenvalue weighted by atomic mass is 9.93. The Bertz CT molecular complexity index is 610. The van der Waals surface area contributed by atoms with Crippen molar-refractivity contribution in [2.24, 2.45) is 0 Å². The van der Waals surface area contributed by atoms with Crippen LogP contribution in [0.1, 0.15) is 22.8 Å². The fourth-order valence-corrected chi connectivity index (χ4v) is 2.60. The molecule has 0 aromatic heterocycles. The van der Waals surface area contributed by atoms with Crippen molar-refractivity contribution in [3.8, 4) is 0 Å². The van der Waals surface area contributed by atoms with E-state index < -0.39 is 15.6 Å². The second-order valence-electron chi connectivity index (χ2n) is 4.36. The van der Waals surface area contributed by atoms with E-state index in [0.717, 1.165) is 11.0 Å². The number of benzene rings is 1. The van der Waals surface area contributed by atoms with Crippen LogP contribution >= 0.6 is 0 Å². The van der Waals surface area contributed by atoms with Crippen molar-refractivity contribution in [2.75, 3.05) is 6.54 Å². The Labute approximate surface area is 106 Å². The van der Waals surface area contributed by atoms with Crippen LogP contribution in [0.15, 0.2) is 36.3 Å². The molecular weight excluding hydrogens is 252 g/mol. The molecule has 0 bridgehead atoms. The van der Waals surface area contributed by atoms with Crippen molar-refractivity contribution in [2.45, 2.75) is 12.5 Å². The van der Waals surface area contributed by atoms with Gasteiger partial charge >= 0.3 is 0 Å². The largest absolute Gasteiger partial charge is 0.341 e. The van der Waals surface area contributed by atoms with Crippen LogP contribution in [0.5, 0.6) is 0 Å². The zero-order valence-corrected chi connectivity index (χ0v) is 10.8. The third kappa shape index (κ3) is 2.16. The van der Waals surface area contributed by atoms with Crippen molar-refractivity contribution in [3.05, 3.63) is 47.4 Å².